The second-order valence-corrected chi connectivity index (χ2v) is 7.40. The Balaban J connectivity index is 2.61. The number of aliphatic hydroxyl groups excluding tert-OH is 1. The van der Waals surface area contributed by atoms with Crippen LogP contribution in [0.15, 0.2) is 30.3 Å². The van der Waals surface area contributed by atoms with E-state index in [0.717, 1.165) is 5.56 Å². The largest absolute Gasteiger partial charge is 0.459 e. The van der Waals surface area contributed by atoms with Gasteiger partial charge >= 0.3 is 12.0 Å². The Bertz CT molecular complexity index is 546. The molecule has 1 rings (SSSR count). The smallest absolute Gasteiger partial charge is 0.329 e. The molecule has 0 heterocycles. The summed E-state index contributed by atoms with van der Waals surface area (Å²) in [5, 5.41) is 14.8. The molecular formula is C20H32N2O4. The molecule has 26 heavy (non-hydrogen) atoms. The summed E-state index contributed by atoms with van der Waals surface area (Å²) in [6.45, 7) is 8.03. The van der Waals surface area contributed by atoms with E-state index in [1.165, 1.54) is 0 Å². The Morgan fingerprint density at radius 2 is 1.62 bits per heavy atom. The Hall–Kier alpha value is -2.08. The maximum Gasteiger partial charge on any atom is 0.329 e. The molecule has 1 aromatic carbocycles. The lowest BCUT2D eigenvalue weighted by atomic mass is 10.0. The van der Waals surface area contributed by atoms with Crippen molar-refractivity contribution >= 4 is 12.0 Å². The standard InChI is InChI=1S/C20H32N2O4/c1-14(2)10-17(12-23)21-20(25)22-18(11-15(3)4)19(24)26-13-16-8-6-5-7-9-16/h5-9,14-15,17-18,23H,10-13H2,1-4H3,(H2,21,22,25)/t17-,18+/m0/s1. The first-order valence-corrected chi connectivity index (χ1v) is 9.20. The summed E-state index contributed by atoms with van der Waals surface area (Å²) >= 11 is 0. The molecule has 0 unspecified atom stereocenters. The van der Waals surface area contributed by atoms with Crippen molar-refractivity contribution in [3.63, 3.8) is 0 Å². The monoisotopic (exact) mass is 364 g/mol. The molecule has 146 valence electrons. The van der Waals surface area contributed by atoms with E-state index in [1.807, 2.05) is 58.0 Å². The van der Waals surface area contributed by atoms with E-state index < -0.39 is 18.0 Å². The van der Waals surface area contributed by atoms with Crippen LogP contribution in [-0.2, 0) is 16.1 Å². The molecule has 1 aromatic rings. The topological polar surface area (TPSA) is 87.7 Å². The first kappa shape index (κ1) is 22.0. The van der Waals surface area contributed by atoms with E-state index in [2.05, 4.69) is 10.6 Å². The maximum atomic E-state index is 12.4. The van der Waals surface area contributed by atoms with E-state index in [0.29, 0.717) is 18.8 Å². The van der Waals surface area contributed by atoms with E-state index in [-0.39, 0.29) is 25.2 Å². The average molecular weight is 364 g/mol. The van der Waals surface area contributed by atoms with Crippen LogP contribution >= 0.6 is 0 Å². The van der Waals surface area contributed by atoms with Gasteiger partial charge in [0.05, 0.1) is 12.6 Å². The van der Waals surface area contributed by atoms with Crippen LogP contribution < -0.4 is 10.6 Å². The lowest BCUT2D eigenvalue weighted by molar-refractivity contribution is -0.147. The van der Waals surface area contributed by atoms with E-state index in [1.54, 1.807) is 0 Å². The molecule has 0 bridgehead atoms. The summed E-state index contributed by atoms with van der Waals surface area (Å²) < 4.78 is 5.36. The first-order valence-electron chi connectivity index (χ1n) is 9.20. The van der Waals surface area contributed by atoms with E-state index in [9.17, 15) is 14.7 Å². The molecule has 0 aromatic heterocycles. The molecule has 0 aliphatic carbocycles. The van der Waals surface area contributed by atoms with Gasteiger partial charge in [-0.05, 0) is 30.2 Å². The number of esters is 1. The van der Waals surface area contributed by atoms with Crippen molar-refractivity contribution in [2.75, 3.05) is 6.61 Å². The van der Waals surface area contributed by atoms with Gasteiger partial charge < -0.3 is 20.5 Å². The number of amides is 2. The van der Waals surface area contributed by atoms with Crippen LogP contribution in [0.2, 0.25) is 0 Å². The number of benzene rings is 1. The minimum Gasteiger partial charge on any atom is -0.459 e. The molecule has 6 heteroatoms. The van der Waals surface area contributed by atoms with Crippen LogP contribution in [0.5, 0.6) is 0 Å². The van der Waals surface area contributed by atoms with Crippen LogP contribution in [0.25, 0.3) is 0 Å². The number of nitrogens with one attached hydrogen (secondary N) is 2. The summed E-state index contributed by atoms with van der Waals surface area (Å²) in [5.74, 6) is 0.103. The van der Waals surface area contributed by atoms with Crippen molar-refractivity contribution in [3.8, 4) is 0 Å². The van der Waals surface area contributed by atoms with E-state index in [4.69, 9.17) is 4.74 Å². The molecule has 2 atom stereocenters. The van der Waals surface area contributed by atoms with Crippen LogP contribution in [0.1, 0.15) is 46.1 Å². The third-order valence-electron chi connectivity index (χ3n) is 3.83. The normalized spacial score (nSPS) is 13.3. The highest BCUT2D eigenvalue weighted by Crippen LogP contribution is 2.09. The zero-order valence-electron chi connectivity index (χ0n) is 16.2. The molecule has 0 aliphatic rings. The van der Waals surface area contributed by atoms with Gasteiger partial charge in [-0.15, -0.1) is 0 Å². The van der Waals surface area contributed by atoms with Gasteiger partial charge in [-0.2, -0.15) is 0 Å². The molecule has 0 saturated heterocycles. The number of hydrogen-bond donors (Lipinski definition) is 3. The van der Waals surface area contributed by atoms with Crippen LogP contribution in [0.3, 0.4) is 0 Å². The van der Waals surface area contributed by atoms with Crippen molar-refractivity contribution in [3.05, 3.63) is 35.9 Å². The zero-order chi connectivity index (χ0) is 19.5. The third-order valence-corrected chi connectivity index (χ3v) is 3.83. The summed E-state index contributed by atoms with van der Waals surface area (Å²) in [7, 11) is 0. The molecule has 0 fully saturated rings. The number of urea groups is 1. The quantitative estimate of drug-likeness (QED) is 0.557. The second kappa shape index (κ2) is 11.5. The fourth-order valence-corrected chi connectivity index (χ4v) is 2.65. The fourth-order valence-electron chi connectivity index (χ4n) is 2.65. The maximum absolute atomic E-state index is 12.4. The summed E-state index contributed by atoms with van der Waals surface area (Å²) in [6, 6.07) is 7.88. The van der Waals surface area contributed by atoms with E-state index >= 15 is 0 Å². The zero-order valence-corrected chi connectivity index (χ0v) is 16.2. The molecular weight excluding hydrogens is 332 g/mol. The number of carbonyl (C=O) groups excluding carboxylic acids is 2. The van der Waals surface area contributed by atoms with Gasteiger partial charge in [0.15, 0.2) is 0 Å². The molecule has 2 amide bonds. The number of carbonyl (C=O) groups is 2. The average Bonchev–Trinajstić information content (AvgIpc) is 2.58. The summed E-state index contributed by atoms with van der Waals surface area (Å²) in [6.07, 6.45) is 1.15. The van der Waals surface area contributed by atoms with Crippen LogP contribution in [-0.4, -0.2) is 35.8 Å². The molecule has 0 spiro atoms. The molecule has 0 saturated carbocycles. The van der Waals surface area contributed by atoms with Crippen LogP contribution in [0, 0.1) is 11.8 Å². The van der Waals surface area contributed by atoms with Crippen molar-refractivity contribution in [2.24, 2.45) is 11.8 Å². The summed E-state index contributed by atoms with van der Waals surface area (Å²) in [5.41, 5.74) is 0.894. The van der Waals surface area contributed by atoms with Crippen molar-refractivity contribution in [1.82, 2.24) is 10.6 Å². The van der Waals surface area contributed by atoms with Crippen molar-refractivity contribution in [2.45, 2.75) is 59.2 Å². The van der Waals surface area contributed by atoms with Gasteiger partial charge in [-0.3, -0.25) is 0 Å². The predicted octanol–water partition coefficient (Wildman–Crippen LogP) is 2.85. The predicted molar refractivity (Wildman–Crippen MR) is 101 cm³/mol. The third kappa shape index (κ3) is 8.85. The fraction of sp³-hybridized carbons (Fsp3) is 0.600. The molecule has 0 aliphatic heterocycles. The van der Waals surface area contributed by atoms with Gasteiger partial charge in [0, 0.05) is 0 Å². The van der Waals surface area contributed by atoms with Crippen molar-refractivity contribution < 1.29 is 19.4 Å². The lowest BCUT2D eigenvalue weighted by Gasteiger charge is -2.23. The minimum atomic E-state index is -0.725. The van der Waals surface area contributed by atoms with Crippen LogP contribution in [0.4, 0.5) is 4.79 Å². The van der Waals surface area contributed by atoms with Crippen molar-refractivity contribution in [1.29, 1.82) is 0 Å². The number of aliphatic hydroxyl groups is 1. The molecule has 6 nitrogen and oxygen atoms in total. The van der Waals surface area contributed by atoms with Gasteiger partial charge in [0.25, 0.3) is 0 Å². The number of hydrogen-bond acceptors (Lipinski definition) is 4. The highest BCUT2D eigenvalue weighted by Gasteiger charge is 2.24. The Morgan fingerprint density at radius 1 is 1.00 bits per heavy atom. The number of ether oxygens (including phenoxy) is 1. The van der Waals surface area contributed by atoms with Gasteiger partial charge in [-0.25, -0.2) is 9.59 Å². The van der Waals surface area contributed by atoms with Gasteiger partial charge in [0.2, 0.25) is 0 Å². The lowest BCUT2D eigenvalue weighted by Crippen LogP contribution is -2.51. The molecule has 0 radical (unpaired) electrons. The second-order valence-electron chi connectivity index (χ2n) is 7.40. The minimum absolute atomic E-state index is 0.140. The highest BCUT2D eigenvalue weighted by molar-refractivity contribution is 5.83. The Kier molecular flexibility index (Phi) is 9.73. The summed E-state index contributed by atoms with van der Waals surface area (Å²) in [4.78, 5) is 24.6. The first-order chi connectivity index (χ1) is 12.3. The highest BCUT2D eigenvalue weighted by atomic mass is 16.5. The Morgan fingerprint density at radius 3 is 2.15 bits per heavy atom. The molecule has 3 N–H and O–H groups in total. The SMILES string of the molecule is CC(C)C[C@@H](CO)NC(=O)N[C@H](CC(C)C)C(=O)OCc1ccccc1. The van der Waals surface area contributed by atoms with Gasteiger partial charge in [-0.1, -0.05) is 58.0 Å². The number of rotatable bonds is 10. The Labute approximate surface area is 156 Å². The van der Waals surface area contributed by atoms with Gasteiger partial charge in [0.1, 0.15) is 12.6 Å².